The van der Waals surface area contributed by atoms with E-state index in [-0.39, 0.29) is 11.8 Å². The van der Waals surface area contributed by atoms with E-state index in [1.54, 1.807) is 12.0 Å². The fourth-order valence-corrected chi connectivity index (χ4v) is 2.85. The number of ether oxygens (including phenoxy) is 1. The Morgan fingerprint density at radius 2 is 2.05 bits per heavy atom. The van der Waals surface area contributed by atoms with Crippen molar-refractivity contribution < 1.29 is 19.4 Å². The maximum absolute atomic E-state index is 12.4. The highest BCUT2D eigenvalue weighted by Gasteiger charge is 2.28. The van der Waals surface area contributed by atoms with Crippen molar-refractivity contribution in [3.05, 3.63) is 29.8 Å². The Labute approximate surface area is 130 Å². The van der Waals surface area contributed by atoms with E-state index in [0.29, 0.717) is 25.9 Å². The lowest BCUT2D eigenvalue weighted by molar-refractivity contribution is -0.145. The number of aliphatic carboxylic acids is 1. The van der Waals surface area contributed by atoms with Crippen molar-refractivity contribution in [3.8, 4) is 5.75 Å². The number of carboxylic acid groups (broad SMARTS) is 1. The van der Waals surface area contributed by atoms with Gasteiger partial charge in [0, 0.05) is 19.5 Å². The fraction of sp³-hybridized carbons (Fsp3) is 0.529. The quantitative estimate of drug-likeness (QED) is 0.907. The van der Waals surface area contributed by atoms with Crippen LogP contribution >= 0.6 is 0 Å². The number of likely N-dealkylation sites (tertiary alicyclic amines) is 1. The molecular formula is C17H23NO4. The van der Waals surface area contributed by atoms with Crippen LogP contribution < -0.4 is 4.74 Å². The molecule has 0 spiro atoms. The first-order valence-electron chi connectivity index (χ1n) is 7.65. The van der Waals surface area contributed by atoms with Crippen molar-refractivity contribution >= 4 is 11.9 Å². The van der Waals surface area contributed by atoms with E-state index in [1.807, 2.05) is 31.2 Å². The van der Waals surface area contributed by atoms with Crippen molar-refractivity contribution in [2.75, 3.05) is 20.2 Å². The van der Waals surface area contributed by atoms with E-state index >= 15 is 0 Å². The van der Waals surface area contributed by atoms with E-state index in [2.05, 4.69) is 0 Å². The highest BCUT2D eigenvalue weighted by molar-refractivity contribution is 5.78. The Morgan fingerprint density at radius 1 is 1.36 bits per heavy atom. The fourth-order valence-electron chi connectivity index (χ4n) is 2.85. The Kier molecular flexibility index (Phi) is 5.41. The number of carbonyl (C=O) groups is 2. The van der Waals surface area contributed by atoms with Gasteiger partial charge in [-0.25, -0.2) is 0 Å². The summed E-state index contributed by atoms with van der Waals surface area (Å²) in [5, 5.41) is 9.10. The lowest BCUT2D eigenvalue weighted by Crippen LogP contribution is -2.42. The SMILES string of the molecule is COc1ccc(C(C)CC(=O)N2CCCC(C(=O)O)C2)cc1. The summed E-state index contributed by atoms with van der Waals surface area (Å²) in [4.78, 5) is 25.2. The molecule has 1 aliphatic heterocycles. The molecule has 1 N–H and O–H groups in total. The molecule has 2 unspecified atom stereocenters. The normalized spacial score (nSPS) is 19.5. The second-order valence-corrected chi connectivity index (χ2v) is 5.90. The molecule has 1 fully saturated rings. The lowest BCUT2D eigenvalue weighted by Gasteiger charge is -2.31. The molecule has 1 aliphatic rings. The van der Waals surface area contributed by atoms with Gasteiger partial charge in [-0.2, -0.15) is 0 Å². The van der Waals surface area contributed by atoms with Crippen LogP contribution in [0.1, 0.15) is 37.7 Å². The average Bonchev–Trinajstić information content (AvgIpc) is 2.54. The van der Waals surface area contributed by atoms with Crippen molar-refractivity contribution in [1.82, 2.24) is 4.90 Å². The smallest absolute Gasteiger partial charge is 0.308 e. The predicted octanol–water partition coefficient (Wildman–Crippen LogP) is 2.51. The van der Waals surface area contributed by atoms with E-state index in [4.69, 9.17) is 9.84 Å². The van der Waals surface area contributed by atoms with E-state index in [1.165, 1.54) is 0 Å². The molecule has 2 rings (SSSR count). The summed E-state index contributed by atoms with van der Waals surface area (Å²) in [5.74, 6) is -0.296. The maximum Gasteiger partial charge on any atom is 0.308 e. The Balaban J connectivity index is 1.93. The summed E-state index contributed by atoms with van der Waals surface area (Å²) in [5.41, 5.74) is 1.08. The third kappa shape index (κ3) is 4.00. The third-order valence-corrected chi connectivity index (χ3v) is 4.29. The van der Waals surface area contributed by atoms with Gasteiger partial charge in [0.1, 0.15) is 5.75 Å². The molecule has 0 saturated carbocycles. The minimum Gasteiger partial charge on any atom is -0.497 e. The van der Waals surface area contributed by atoms with Gasteiger partial charge in [0.2, 0.25) is 5.91 Å². The number of hydrogen-bond donors (Lipinski definition) is 1. The molecule has 1 aromatic carbocycles. The lowest BCUT2D eigenvalue weighted by atomic mass is 9.94. The first-order chi connectivity index (χ1) is 10.5. The Hall–Kier alpha value is -2.04. The molecule has 5 nitrogen and oxygen atoms in total. The number of piperidine rings is 1. The predicted molar refractivity (Wildman–Crippen MR) is 83.0 cm³/mol. The number of carboxylic acids is 1. The molecule has 1 aromatic rings. The van der Waals surface area contributed by atoms with Gasteiger partial charge in [-0.1, -0.05) is 19.1 Å². The molecule has 2 atom stereocenters. The standard InChI is InChI=1S/C17H23NO4/c1-12(13-5-7-15(22-2)8-6-13)10-16(19)18-9-3-4-14(11-18)17(20)21/h5-8,12,14H,3-4,9-11H2,1-2H3,(H,20,21). The number of carbonyl (C=O) groups excluding carboxylic acids is 1. The molecular weight excluding hydrogens is 282 g/mol. The summed E-state index contributed by atoms with van der Waals surface area (Å²) in [6.45, 7) is 3.01. The molecule has 0 aliphatic carbocycles. The number of methoxy groups -OCH3 is 1. The largest absolute Gasteiger partial charge is 0.497 e. The summed E-state index contributed by atoms with van der Waals surface area (Å²) < 4.78 is 5.13. The van der Waals surface area contributed by atoms with Crippen LogP contribution in [0.25, 0.3) is 0 Å². The van der Waals surface area contributed by atoms with Crippen LogP contribution in [0.3, 0.4) is 0 Å². The van der Waals surface area contributed by atoms with Crippen LogP contribution in [0.5, 0.6) is 5.75 Å². The van der Waals surface area contributed by atoms with Crippen LogP contribution in [0, 0.1) is 5.92 Å². The van der Waals surface area contributed by atoms with Crippen LogP contribution in [0.15, 0.2) is 24.3 Å². The van der Waals surface area contributed by atoms with Crippen LogP contribution in [0.2, 0.25) is 0 Å². The molecule has 1 saturated heterocycles. The molecule has 22 heavy (non-hydrogen) atoms. The van der Waals surface area contributed by atoms with Gasteiger partial charge >= 0.3 is 5.97 Å². The second kappa shape index (κ2) is 7.29. The van der Waals surface area contributed by atoms with Crippen molar-refractivity contribution in [2.24, 2.45) is 5.92 Å². The van der Waals surface area contributed by atoms with E-state index in [0.717, 1.165) is 17.7 Å². The van der Waals surface area contributed by atoms with Crippen LogP contribution in [0.4, 0.5) is 0 Å². The number of benzene rings is 1. The first-order valence-corrected chi connectivity index (χ1v) is 7.65. The van der Waals surface area contributed by atoms with Crippen LogP contribution in [-0.2, 0) is 9.59 Å². The highest BCUT2D eigenvalue weighted by Crippen LogP contribution is 2.24. The number of nitrogens with zero attached hydrogens (tertiary/aromatic N) is 1. The molecule has 1 heterocycles. The van der Waals surface area contributed by atoms with Gasteiger partial charge in [0.15, 0.2) is 0 Å². The van der Waals surface area contributed by atoms with Crippen molar-refractivity contribution in [1.29, 1.82) is 0 Å². The van der Waals surface area contributed by atoms with E-state index in [9.17, 15) is 9.59 Å². The summed E-state index contributed by atoms with van der Waals surface area (Å²) in [6.07, 6.45) is 1.82. The molecule has 5 heteroatoms. The van der Waals surface area contributed by atoms with Gasteiger partial charge < -0.3 is 14.7 Å². The second-order valence-electron chi connectivity index (χ2n) is 5.90. The van der Waals surface area contributed by atoms with Gasteiger partial charge in [0.25, 0.3) is 0 Å². The Morgan fingerprint density at radius 3 is 2.64 bits per heavy atom. The van der Waals surface area contributed by atoms with Crippen molar-refractivity contribution in [2.45, 2.75) is 32.1 Å². The van der Waals surface area contributed by atoms with Crippen molar-refractivity contribution in [3.63, 3.8) is 0 Å². The molecule has 0 bridgehead atoms. The van der Waals surface area contributed by atoms with E-state index < -0.39 is 11.9 Å². The van der Waals surface area contributed by atoms with Gasteiger partial charge in [-0.15, -0.1) is 0 Å². The van der Waals surface area contributed by atoms with Crippen LogP contribution in [-0.4, -0.2) is 42.1 Å². The monoisotopic (exact) mass is 305 g/mol. The maximum atomic E-state index is 12.4. The molecule has 0 radical (unpaired) electrons. The number of rotatable bonds is 5. The number of hydrogen-bond acceptors (Lipinski definition) is 3. The van der Waals surface area contributed by atoms with Gasteiger partial charge in [0.05, 0.1) is 13.0 Å². The number of amides is 1. The zero-order valence-corrected chi connectivity index (χ0v) is 13.1. The topological polar surface area (TPSA) is 66.8 Å². The third-order valence-electron chi connectivity index (χ3n) is 4.29. The minimum atomic E-state index is -0.805. The minimum absolute atomic E-state index is 0.0364. The molecule has 120 valence electrons. The van der Waals surface area contributed by atoms with Gasteiger partial charge in [-0.05, 0) is 36.5 Å². The zero-order chi connectivity index (χ0) is 16.1. The summed E-state index contributed by atoms with van der Waals surface area (Å²) in [7, 11) is 1.62. The first kappa shape index (κ1) is 16.3. The highest BCUT2D eigenvalue weighted by atomic mass is 16.5. The van der Waals surface area contributed by atoms with Gasteiger partial charge in [-0.3, -0.25) is 9.59 Å². The molecule has 1 amide bonds. The summed E-state index contributed by atoms with van der Waals surface area (Å²) in [6, 6.07) is 7.70. The Bertz CT molecular complexity index is 526. The summed E-state index contributed by atoms with van der Waals surface area (Å²) >= 11 is 0. The average molecular weight is 305 g/mol. The molecule has 0 aromatic heterocycles. The zero-order valence-electron chi connectivity index (χ0n) is 13.1.